The smallest absolute Gasteiger partial charge is 0.231 e. The van der Waals surface area contributed by atoms with Crippen molar-refractivity contribution in [3.63, 3.8) is 0 Å². The number of benzene rings is 1. The summed E-state index contributed by atoms with van der Waals surface area (Å²) in [5.74, 6) is 0.102. The van der Waals surface area contributed by atoms with Crippen LogP contribution >= 0.6 is 0 Å². The van der Waals surface area contributed by atoms with E-state index in [0.717, 1.165) is 16.8 Å². The highest BCUT2D eigenvalue weighted by Gasteiger charge is 2.24. The Kier molecular flexibility index (Phi) is 2.63. The van der Waals surface area contributed by atoms with Gasteiger partial charge in [-0.3, -0.25) is 4.79 Å². The first-order chi connectivity index (χ1) is 7.67. The van der Waals surface area contributed by atoms with Crippen molar-refractivity contribution in [1.82, 2.24) is 5.32 Å². The molecule has 1 aromatic carbocycles. The van der Waals surface area contributed by atoms with Gasteiger partial charge in [-0.2, -0.15) is 5.26 Å². The fourth-order valence-electron chi connectivity index (χ4n) is 1.98. The predicted molar refractivity (Wildman–Crippen MR) is 61.0 cm³/mol. The summed E-state index contributed by atoms with van der Waals surface area (Å²) < 4.78 is 0. The quantitative estimate of drug-likeness (QED) is 0.800. The Morgan fingerprint density at radius 1 is 1.56 bits per heavy atom. The van der Waals surface area contributed by atoms with Crippen LogP contribution < -0.4 is 10.2 Å². The van der Waals surface area contributed by atoms with Crippen LogP contribution in [-0.2, 0) is 11.2 Å². The first-order valence-corrected chi connectivity index (χ1v) is 5.13. The SMILES string of the molecule is CNC(C#N)c1ccc2c(c1)CC(=O)N2C. The number of nitriles is 1. The molecule has 0 bridgehead atoms. The topological polar surface area (TPSA) is 56.1 Å². The minimum Gasteiger partial charge on any atom is -0.315 e. The van der Waals surface area contributed by atoms with Gasteiger partial charge in [0.2, 0.25) is 5.91 Å². The molecule has 4 heteroatoms. The molecule has 1 aromatic rings. The zero-order valence-corrected chi connectivity index (χ0v) is 9.32. The summed E-state index contributed by atoms with van der Waals surface area (Å²) in [6.45, 7) is 0. The standard InChI is InChI=1S/C12H13N3O/c1-14-10(7-13)8-3-4-11-9(5-8)6-12(16)15(11)2/h3-5,10,14H,6H2,1-2H3. The summed E-state index contributed by atoms with van der Waals surface area (Å²) in [6.07, 6.45) is 0.432. The Morgan fingerprint density at radius 2 is 2.31 bits per heavy atom. The Bertz CT molecular complexity index is 476. The van der Waals surface area contributed by atoms with Crippen molar-refractivity contribution in [2.24, 2.45) is 0 Å². The largest absolute Gasteiger partial charge is 0.315 e. The third kappa shape index (κ3) is 1.55. The molecular formula is C12H13N3O. The Hall–Kier alpha value is -1.86. The number of carbonyl (C=O) groups is 1. The second-order valence-corrected chi connectivity index (χ2v) is 3.87. The van der Waals surface area contributed by atoms with Gasteiger partial charge in [-0.05, 0) is 24.2 Å². The van der Waals surface area contributed by atoms with Crippen LogP contribution in [-0.4, -0.2) is 20.0 Å². The molecule has 16 heavy (non-hydrogen) atoms. The van der Waals surface area contributed by atoms with Crippen LogP contribution in [0.1, 0.15) is 17.2 Å². The number of fused-ring (bicyclic) bond motifs is 1. The highest BCUT2D eigenvalue weighted by Crippen LogP contribution is 2.29. The maximum absolute atomic E-state index is 11.5. The molecule has 0 aromatic heterocycles. The van der Waals surface area contributed by atoms with Crippen molar-refractivity contribution in [3.05, 3.63) is 29.3 Å². The van der Waals surface area contributed by atoms with Crippen molar-refractivity contribution >= 4 is 11.6 Å². The van der Waals surface area contributed by atoms with Gasteiger partial charge in [-0.15, -0.1) is 0 Å². The molecule has 0 spiro atoms. The number of hydrogen-bond donors (Lipinski definition) is 1. The number of anilines is 1. The minimum atomic E-state index is -0.314. The van der Waals surface area contributed by atoms with E-state index in [1.807, 2.05) is 18.2 Å². The van der Waals surface area contributed by atoms with Gasteiger partial charge in [0.05, 0.1) is 12.5 Å². The molecular weight excluding hydrogens is 202 g/mol. The van der Waals surface area contributed by atoms with Crippen molar-refractivity contribution in [2.45, 2.75) is 12.5 Å². The summed E-state index contributed by atoms with van der Waals surface area (Å²) in [6, 6.07) is 7.58. The monoisotopic (exact) mass is 215 g/mol. The lowest BCUT2D eigenvalue weighted by atomic mass is 10.0. The lowest BCUT2D eigenvalue weighted by Crippen LogP contribution is -2.20. The lowest BCUT2D eigenvalue weighted by molar-refractivity contribution is -0.117. The molecule has 1 heterocycles. The zero-order chi connectivity index (χ0) is 11.7. The molecule has 1 N–H and O–H groups in total. The van der Waals surface area contributed by atoms with Crippen molar-refractivity contribution in [1.29, 1.82) is 5.26 Å². The van der Waals surface area contributed by atoms with Gasteiger partial charge in [0.1, 0.15) is 6.04 Å². The van der Waals surface area contributed by atoms with Crippen molar-refractivity contribution < 1.29 is 4.79 Å². The summed E-state index contributed by atoms with van der Waals surface area (Å²) in [7, 11) is 3.52. The highest BCUT2D eigenvalue weighted by atomic mass is 16.2. The Balaban J connectivity index is 2.39. The third-order valence-electron chi connectivity index (χ3n) is 2.93. The van der Waals surface area contributed by atoms with Crippen LogP contribution in [0.3, 0.4) is 0 Å². The molecule has 1 amide bonds. The minimum absolute atomic E-state index is 0.102. The molecule has 0 radical (unpaired) electrons. The van der Waals surface area contributed by atoms with Gasteiger partial charge in [0.25, 0.3) is 0 Å². The van der Waals surface area contributed by atoms with Crippen LogP contribution in [0.15, 0.2) is 18.2 Å². The van der Waals surface area contributed by atoms with Gasteiger partial charge in [0, 0.05) is 12.7 Å². The molecule has 0 aliphatic carbocycles. The van der Waals surface area contributed by atoms with Crippen molar-refractivity contribution in [3.8, 4) is 6.07 Å². The number of hydrogen-bond acceptors (Lipinski definition) is 3. The maximum Gasteiger partial charge on any atom is 0.231 e. The summed E-state index contributed by atoms with van der Waals surface area (Å²) in [4.78, 5) is 13.1. The van der Waals surface area contributed by atoms with Gasteiger partial charge >= 0.3 is 0 Å². The number of nitrogens with one attached hydrogen (secondary N) is 1. The molecule has 2 rings (SSSR count). The van der Waals surface area contributed by atoms with Crippen LogP contribution in [0.4, 0.5) is 5.69 Å². The number of amides is 1. The number of rotatable bonds is 2. The Morgan fingerprint density at radius 3 is 2.94 bits per heavy atom. The third-order valence-corrected chi connectivity index (χ3v) is 2.93. The van der Waals surface area contributed by atoms with E-state index in [1.165, 1.54) is 0 Å². The molecule has 82 valence electrons. The molecule has 1 atom stereocenters. The van der Waals surface area contributed by atoms with E-state index in [4.69, 9.17) is 5.26 Å². The average molecular weight is 215 g/mol. The van der Waals surface area contributed by atoms with E-state index >= 15 is 0 Å². The van der Waals surface area contributed by atoms with Crippen LogP contribution in [0.25, 0.3) is 0 Å². The van der Waals surface area contributed by atoms with Crippen molar-refractivity contribution in [2.75, 3.05) is 19.0 Å². The average Bonchev–Trinajstić information content (AvgIpc) is 2.56. The van der Waals surface area contributed by atoms with E-state index in [2.05, 4.69) is 11.4 Å². The molecule has 1 aliphatic heterocycles. The maximum atomic E-state index is 11.5. The van der Waals surface area contributed by atoms with Gasteiger partial charge in [-0.25, -0.2) is 0 Å². The van der Waals surface area contributed by atoms with E-state index in [1.54, 1.807) is 19.0 Å². The van der Waals surface area contributed by atoms with E-state index < -0.39 is 0 Å². The van der Waals surface area contributed by atoms with Gasteiger partial charge in [0.15, 0.2) is 0 Å². The molecule has 0 fully saturated rings. The lowest BCUT2D eigenvalue weighted by Gasteiger charge is -2.12. The van der Waals surface area contributed by atoms with E-state index in [9.17, 15) is 4.79 Å². The molecule has 0 saturated carbocycles. The molecule has 4 nitrogen and oxygen atoms in total. The zero-order valence-electron chi connectivity index (χ0n) is 9.32. The first-order valence-electron chi connectivity index (χ1n) is 5.13. The Labute approximate surface area is 94.5 Å². The van der Waals surface area contributed by atoms with E-state index in [0.29, 0.717) is 6.42 Å². The highest BCUT2D eigenvalue weighted by molar-refractivity contribution is 6.00. The fourth-order valence-corrected chi connectivity index (χ4v) is 1.98. The predicted octanol–water partition coefficient (Wildman–Crippen LogP) is 0.990. The number of nitrogens with zero attached hydrogens (tertiary/aromatic N) is 2. The molecule has 1 unspecified atom stereocenters. The molecule has 1 aliphatic rings. The normalized spacial score (nSPS) is 15.8. The van der Waals surface area contributed by atoms with Gasteiger partial charge in [-0.1, -0.05) is 12.1 Å². The van der Waals surface area contributed by atoms with Crippen LogP contribution in [0, 0.1) is 11.3 Å². The number of likely N-dealkylation sites (N-methyl/N-ethyl adjacent to an activating group) is 1. The first kappa shape index (κ1) is 10.7. The van der Waals surface area contributed by atoms with Crippen LogP contribution in [0.2, 0.25) is 0 Å². The summed E-state index contributed by atoms with van der Waals surface area (Å²) in [5.41, 5.74) is 2.86. The second-order valence-electron chi connectivity index (χ2n) is 3.87. The summed E-state index contributed by atoms with van der Waals surface area (Å²) in [5, 5.41) is 11.9. The van der Waals surface area contributed by atoms with Crippen LogP contribution in [0.5, 0.6) is 0 Å². The molecule has 0 saturated heterocycles. The summed E-state index contributed by atoms with van der Waals surface area (Å²) >= 11 is 0. The number of carbonyl (C=O) groups excluding carboxylic acids is 1. The fraction of sp³-hybridized carbons (Fsp3) is 0.333. The van der Waals surface area contributed by atoms with Gasteiger partial charge < -0.3 is 10.2 Å². The second kappa shape index (κ2) is 3.95. The van der Waals surface area contributed by atoms with E-state index in [-0.39, 0.29) is 11.9 Å².